The van der Waals surface area contributed by atoms with Crippen LogP contribution in [0.4, 0.5) is 5.95 Å². The van der Waals surface area contributed by atoms with E-state index in [1.807, 2.05) is 0 Å². The van der Waals surface area contributed by atoms with Gasteiger partial charge in [0.05, 0.1) is 5.39 Å². The molecule has 8 heteroatoms. The number of halogens is 1. The maximum atomic E-state index is 10.9. The number of hydrogen-bond acceptors (Lipinski definition) is 4. The lowest BCUT2D eigenvalue weighted by Gasteiger charge is -2.04. The van der Waals surface area contributed by atoms with Crippen molar-refractivity contribution in [3.05, 3.63) is 17.4 Å². The molecule has 1 amide bonds. The number of amides is 1. The van der Waals surface area contributed by atoms with E-state index in [0.29, 0.717) is 11.0 Å². The van der Waals surface area contributed by atoms with Crippen molar-refractivity contribution in [3.8, 4) is 0 Å². The number of nitrogens with zero attached hydrogens (tertiary/aromatic N) is 3. The van der Waals surface area contributed by atoms with Crippen LogP contribution in [0.1, 0.15) is 6.92 Å². The molecule has 0 atom stereocenters. The van der Waals surface area contributed by atoms with Crippen molar-refractivity contribution in [2.45, 2.75) is 13.5 Å². The Morgan fingerprint density at radius 3 is 2.83 bits per heavy atom. The predicted octanol–water partition coefficient (Wildman–Crippen LogP) is 1.13. The molecule has 0 unspecified atom stereocenters. The molecule has 0 aliphatic rings. The number of carboxylic acid groups (broad SMARTS) is 1. The average Bonchev–Trinajstić information content (AvgIpc) is 2.60. The number of carbonyl (C=O) groups excluding carboxylic acids is 1. The van der Waals surface area contributed by atoms with Gasteiger partial charge >= 0.3 is 5.97 Å². The largest absolute Gasteiger partial charge is 0.480 e. The lowest BCUT2D eigenvalue weighted by Crippen LogP contribution is -2.12. The predicted molar refractivity (Wildman–Crippen MR) is 64.5 cm³/mol. The zero-order chi connectivity index (χ0) is 13.3. The molecule has 2 heterocycles. The molecule has 0 spiro atoms. The monoisotopic (exact) mass is 268 g/mol. The minimum absolute atomic E-state index is 0.0466. The molecule has 2 rings (SSSR count). The molecule has 94 valence electrons. The maximum Gasteiger partial charge on any atom is 0.323 e. The normalized spacial score (nSPS) is 10.6. The summed E-state index contributed by atoms with van der Waals surface area (Å²) in [7, 11) is 0. The summed E-state index contributed by atoms with van der Waals surface area (Å²) in [6.45, 7) is 1.08. The van der Waals surface area contributed by atoms with E-state index in [-0.39, 0.29) is 23.6 Å². The quantitative estimate of drug-likeness (QED) is 0.813. The Bertz CT molecular complexity index is 637. The summed E-state index contributed by atoms with van der Waals surface area (Å²) in [4.78, 5) is 29.6. The van der Waals surface area contributed by atoms with Crippen molar-refractivity contribution < 1.29 is 14.7 Å². The van der Waals surface area contributed by atoms with Crippen LogP contribution in [0, 0.1) is 0 Å². The van der Waals surface area contributed by atoms with Crippen molar-refractivity contribution in [1.29, 1.82) is 0 Å². The summed E-state index contributed by atoms with van der Waals surface area (Å²) in [5, 5.41) is 11.9. The van der Waals surface area contributed by atoms with E-state index in [0.717, 1.165) is 0 Å². The van der Waals surface area contributed by atoms with Gasteiger partial charge in [-0.3, -0.25) is 14.9 Å². The Kier molecular flexibility index (Phi) is 3.15. The third-order valence-electron chi connectivity index (χ3n) is 2.17. The number of nitrogens with one attached hydrogen (secondary N) is 1. The molecule has 0 radical (unpaired) electrons. The van der Waals surface area contributed by atoms with Gasteiger partial charge in [-0.25, -0.2) is 0 Å². The number of aromatic nitrogens is 3. The van der Waals surface area contributed by atoms with Crippen LogP contribution in [-0.2, 0) is 16.1 Å². The first kappa shape index (κ1) is 12.3. The zero-order valence-electron chi connectivity index (χ0n) is 9.35. The molecule has 2 N–H and O–H groups in total. The third kappa shape index (κ3) is 2.40. The van der Waals surface area contributed by atoms with Gasteiger partial charge in [0.1, 0.15) is 17.3 Å². The molecular formula is C10H9ClN4O3. The van der Waals surface area contributed by atoms with Crippen molar-refractivity contribution in [2.75, 3.05) is 5.32 Å². The molecule has 7 nitrogen and oxygen atoms in total. The van der Waals surface area contributed by atoms with E-state index in [4.69, 9.17) is 16.7 Å². The third-order valence-corrected chi connectivity index (χ3v) is 2.45. The van der Waals surface area contributed by atoms with E-state index < -0.39 is 5.97 Å². The summed E-state index contributed by atoms with van der Waals surface area (Å²) < 4.78 is 1.41. The summed E-state index contributed by atoms with van der Waals surface area (Å²) in [5.41, 5.74) is 0.362. The van der Waals surface area contributed by atoms with Gasteiger partial charge in [0.2, 0.25) is 11.9 Å². The second-order valence-corrected chi connectivity index (χ2v) is 3.95. The van der Waals surface area contributed by atoms with Crippen LogP contribution in [-0.4, -0.2) is 31.5 Å². The van der Waals surface area contributed by atoms with Gasteiger partial charge in [-0.15, -0.1) is 0 Å². The van der Waals surface area contributed by atoms with Crippen molar-refractivity contribution in [2.24, 2.45) is 0 Å². The smallest absolute Gasteiger partial charge is 0.323 e. The highest BCUT2D eigenvalue weighted by Crippen LogP contribution is 2.22. The van der Waals surface area contributed by atoms with E-state index in [1.54, 1.807) is 12.3 Å². The van der Waals surface area contributed by atoms with Crippen LogP contribution in [0.5, 0.6) is 0 Å². The minimum atomic E-state index is -0.997. The first-order valence-electron chi connectivity index (χ1n) is 4.99. The number of hydrogen-bond donors (Lipinski definition) is 2. The van der Waals surface area contributed by atoms with Crippen molar-refractivity contribution in [3.63, 3.8) is 0 Å². The fraction of sp³-hybridized carbons (Fsp3) is 0.200. The fourth-order valence-electron chi connectivity index (χ4n) is 1.52. The minimum Gasteiger partial charge on any atom is -0.480 e. The van der Waals surface area contributed by atoms with Crippen LogP contribution in [0.25, 0.3) is 11.0 Å². The Morgan fingerprint density at radius 2 is 2.22 bits per heavy atom. The number of carboxylic acids is 1. The average molecular weight is 269 g/mol. The number of anilines is 1. The number of rotatable bonds is 3. The highest BCUT2D eigenvalue weighted by atomic mass is 35.5. The molecule has 0 saturated heterocycles. The fourth-order valence-corrected chi connectivity index (χ4v) is 1.74. The molecular weight excluding hydrogens is 260 g/mol. The van der Waals surface area contributed by atoms with Crippen LogP contribution >= 0.6 is 11.6 Å². The summed E-state index contributed by atoms with van der Waals surface area (Å²) >= 11 is 5.93. The Balaban J connectivity index is 2.53. The standard InChI is InChI=1S/C10H9ClN4O3/c1-5(16)12-10-13-8(11)6-2-3-15(4-7(17)18)9(6)14-10/h2-3H,4H2,1H3,(H,17,18)(H,12,13,14,16). The van der Waals surface area contributed by atoms with Crippen LogP contribution in [0.3, 0.4) is 0 Å². The van der Waals surface area contributed by atoms with E-state index in [9.17, 15) is 9.59 Å². The highest BCUT2D eigenvalue weighted by molar-refractivity contribution is 6.34. The van der Waals surface area contributed by atoms with Gasteiger partial charge in [0, 0.05) is 13.1 Å². The molecule has 2 aromatic heterocycles. The molecule has 0 aliphatic carbocycles. The molecule has 0 aliphatic heterocycles. The van der Waals surface area contributed by atoms with Gasteiger partial charge in [-0.1, -0.05) is 11.6 Å². The van der Waals surface area contributed by atoms with E-state index in [2.05, 4.69) is 15.3 Å². The van der Waals surface area contributed by atoms with Gasteiger partial charge in [0.25, 0.3) is 0 Å². The summed E-state index contributed by atoms with van der Waals surface area (Å²) in [6.07, 6.45) is 1.55. The first-order chi connectivity index (χ1) is 8.47. The SMILES string of the molecule is CC(=O)Nc1nc(Cl)c2ccn(CC(=O)O)c2n1. The second-order valence-electron chi connectivity index (χ2n) is 3.59. The molecule has 0 aromatic carbocycles. The topological polar surface area (TPSA) is 97.1 Å². The van der Waals surface area contributed by atoms with Gasteiger partial charge in [-0.2, -0.15) is 9.97 Å². The molecule has 0 fully saturated rings. The Morgan fingerprint density at radius 1 is 1.50 bits per heavy atom. The maximum absolute atomic E-state index is 10.9. The summed E-state index contributed by atoms with van der Waals surface area (Å²) in [5.74, 6) is -1.28. The molecule has 0 bridgehead atoms. The summed E-state index contributed by atoms with van der Waals surface area (Å²) in [6, 6.07) is 1.62. The lowest BCUT2D eigenvalue weighted by atomic mass is 10.4. The highest BCUT2D eigenvalue weighted by Gasteiger charge is 2.12. The number of aliphatic carboxylic acids is 1. The van der Waals surface area contributed by atoms with Crippen LogP contribution in [0.15, 0.2) is 12.3 Å². The Hall–Kier alpha value is -2.15. The van der Waals surface area contributed by atoms with E-state index in [1.165, 1.54) is 11.5 Å². The van der Waals surface area contributed by atoms with Crippen LogP contribution < -0.4 is 5.32 Å². The molecule has 2 aromatic rings. The number of fused-ring (bicyclic) bond motifs is 1. The molecule has 18 heavy (non-hydrogen) atoms. The zero-order valence-corrected chi connectivity index (χ0v) is 10.1. The Labute approximate surface area is 106 Å². The lowest BCUT2D eigenvalue weighted by molar-refractivity contribution is -0.137. The molecule has 0 saturated carbocycles. The second kappa shape index (κ2) is 4.61. The van der Waals surface area contributed by atoms with Crippen molar-refractivity contribution >= 4 is 40.5 Å². The van der Waals surface area contributed by atoms with Crippen LogP contribution in [0.2, 0.25) is 5.15 Å². The van der Waals surface area contributed by atoms with Gasteiger partial charge < -0.3 is 9.67 Å². The number of carbonyl (C=O) groups is 2. The van der Waals surface area contributed by atoms with E-state index >= 15 is 0 Å². The van der Waals surface area contributed by atoms with Gasteiger partial charge in [-0.05, 0) is 6.07 Å². The van der Waals surface area contributed by atoms with Crippen molar-refractivity contribution in [1.82, 2.24) is 14.5 Å². The first-order valence-corrected chi connectivity index (χ1v) is 5.37. The van der Waals surface area contributed by atoms with Gasteiger partial charge in [0.15, 0.2) is 0 Å².